The van der Waals surface area contributed by atoms with E-state index in [4.69, 9.17) is 21.1 Å². The van der Waals surface area contributed by atoms with Gasteiger partial charge in [0.2, 0.25) is 0 Å². The van der Waals surface area contributed by atoms with Gasteiger partial charge in [-0.15, -0.1) is 0 Å². The zero-order chi connectivity index (χ0) is 17.3. The highest BCUT2D eigenvalue weighted by molar-refractivity contribution is 6.32. The molecule has 132 valence electrons. The van der Waals surface area contributed by atoms with E-state index < -0.39 is 11.9 Å². The molecule has 2 heterocycles. The Morgan fingerprint density at radius 1 is 1.17 bits per heavy atom. The lowest BCUT2D eigenvalue weighted by Gasteiger charge is -2.36. The number of carbonyl (C=O) groups excluding carboxylic acids is 1. The number of benzene rings is 1. The summed E-state index contributed by atoms with van der Waals surface area (Å²) in [5.74, 6) is -0.00891. The Balaban J connectivity index is 1.60. The molecule has 2 fully saturated rings. The minimum absolute atomic E-state index is 0.0132. The molecule has 0 aliphatic carbocycles. The fourth-order valence-electron chi connectivity index (χ4n) is 3.56. The lowest BCUT2D eigenvalue weighted by atomic mass is 9.86. The summed E-state index contributed by atoms with van der Waals surface area (Å²) < 4.78 is 25.9. The van der Waals surface area contributed by atoms with Crippen molar-refractivity contribution in [1.82, 2.24) is 0 Å². The average molecular weight is 355 g/mol. The number of aryl methyl sites for hydroxylation is 1. The summed E-state index contributed by atoms with van der Waals surface area (Å²) >= 11 is 5.92. The summed E-state index contributed by atoms with van der Waals surface area (Å²) in [4.78, 5) is 12.6. The summed E-state index contributed by atoms with van der Waals surface area (Å²) in [7, 11) is 0. The van der Waals surface area contributed by atoms with Gasteiger partial charge in [-0.2, -0.15) is 0 Å². The van der Waals surface area contributed by atoms with Crippen LogP contribution in [0.15, 0.2) is 12.1 Å². The third-order valence-corrected chi connectivity index (χ3v) is 5.67. The van der Waals surface area contributed by atoms with Gasteiger partial charge in [0.15, 0.2) is 11.6 Å². The fourth-order valence-corrected chi connectivity index (χ4v) is 3.72. The number of rotatable bonds is 3. The van der Waals surface area contributed by atoms with Crippen LogP contribution in [0.2, 0.25) is 5.02 Å². The molecule has 1 aromatic rings. The molecule has 0 saturated carbocycles. The minimum atomic E-state index is -0.642. The first kappa shape index (κ1) is 17.8. The number of hydrogen-bond donors (Lipinski definition) is 0. The third kappa shape index (κ3) is 3.66. The van der Waals surface area contributed by atoms with Crippen molar-refractivity contribution in [1.29, 1.82) is 0 Å². The second-order valence-electron chi connectivity index (χ2n) is 7.14. The number of carbonyl (C=O) groups is 1. The van der Waals surface area contributed by atoms with Crippen molar-refractivity contribution in [2.75, 3.05) is 13.2 Å². The van der Waals surface area contributed by atoms with Crippen LogP contribution in [0.4, 0.5) is 4.39 Å². The Bertz CT molecular complexity index is 603. The van der Waals surface area contributed by atoms with Crippen molar-refractivity contribution in [3.05, 3.63) is 34.1 Å². The minimum Gasteiger partial charge on any atom is -0.378 e. The summed E-state index contributed by atoms with van der Waals surface area (Å²) in [6.07, 6.45) is 3.34. The predicted octanol–water partition coefficient (Wildman–Crippen LogP) is 4.58. The number of halogens is 2. The molecule has 1 aromatic carbocycles. The second kappa shape index (κ2) is 7.51. The van der Waals surface area contributed by atoms with Gasteiger partial charge in [-0.3, -0.25) is 4.79 Å². The topological polar surface area (TPSA) is 35.5 Å². The highest BCUT2D eigenvalue weighted by Gasteiger charge is 2.34. The van der Waals surface area contributed by atoms with E-state index in [9.17, 15) is 9.18 Å². The summed E-state index contributed by atoms with van der Waals surface area (Å²) in [5, 5.41) is 0.0132. The van der Waals surface area contributed by atoms with Crippen LogP contribution in [0, 0.1) is 24.6 Å². The van der Waals surface area contributed by atoms with Crippen LogP contribution in [-0.4, -0.2) is 31.2 Å². The standard InChI is InChI=1S/C19H24ClFO3/c1-11-3-7-15(23-9-11)13-5-8-16(24-10-13)19(22)14-6-4-12(2)17(20)18(14)21/h4,6,11,13,15-16H,3,5,7-10H2,1-2H3/t11?,13?,15-,16-/m0/s1. The van der Waals surface area contributed by atoms with Crippen molar-refractivity contribution in [2.24, 2.45) is 11.8 Å². The summed E-state index contributed by atoms with van der Waals surface area (Å²) in [5.41, 5.74) is 0.649. The quantitative estimate of drug-likeness (QED) is 0.745. The number of hydrogen-bond acceptors (Lipinski definition) is 3. The van der Waals surface area contributed by atoms with Crippen molar-refractivity contribution in [2.45, 2.75) is 51.7 Å². The van der Waals surface area contributed by atoms with Crippen molar-refractivity contribution < 1.29 is 18.7 Å². The van der Waals surface area contributed by atoms with Crippen LogP contribution >= 0.6 is 11.6 Å². The Morgan fingerprint density at radius 3 is 2.58 bits per heavy atom. The van der Waals surface area contributed by atoms with Gasteiger partial charge in [0.1, 0.15) is 6.10 Å². The van der Waals surface area contributed by atoms with E-state index in [1.807, 2.05) is 0 Å². The molecule has 0 N–H and O–H groups in total. The van der Waals surface area contributed by atoms with Gasteiger partial charge >= 0.3 is 0 Å². The Labute approximate surface area is 147 Å². The SMILES string of the molecule is Cc1ccc(C(=O)[C@@H]2CCC([C@@H]3CCC(C)CO3)CO2)c(F)c1Cl. The maximum atomic E-state index is 14.2. The van der Waals surface area contributed by atoms with Gasteiger partial charge in [0, 0.05) is 12.5 Å². The predicted molar refractivity (Wildman–Crippen MR) is 91.1 cm³/mol. The Kier molecular flexibility index (Phi) is 5.58. The normalized spacial score (nSPS) is 31.0. The van der Waals surface area contributed by atoms with E-state index in [1.165, 1.54) is 12.5 Å². The van der Waals surface area contributed by atoms with Crippen molar-refractivity contribution in [3.63, 3.8) is 0 Å². The molecule has 0 bridgehead atoms. The molecular formula is C19H24ClFO3. The molecule has 2 saturated heterocycles. The molecule has 2 aliphatic heterocycles. The zero-order valence-corrected chi connectivity index (χ0v) is 14.9. The van der Waals surface area contributed by atoms with Gasteiger partial charge in [0.05, 0.1) is 23.3 Å². The maximum absolute atomic E-state index is 14.2. The van der Waals surface area contributed by atoms with Gasteiger partial charge in [0.25, 0.3) is 0 Å². The lowest BCUT2D eigenvalue weighted by Crippen LogP contribution is -2.40. The van der Waals surface area contributed by atoms with Gasteiger partial charge in [-0.05, 0) is 50.2 Å². The third-order valence-electron chi connectivity index (χ3n) is 5.21. The molecule has 0 amide bonds. The second-order valence-corrected chi connectivity index (χ2v) is 7.51. The van der Waals surface area contributed by atoms with Crippen molar-refractivity contribution in [3.8, 4) is 0 Å². The first-order valence-electron chi connectivity index (χ1n) is 8.69. The largest absolute Gasteiger partial charge is 0.378 e. The zero-order valence-electron chi connectivity index (χ0n) is 14.2. The van der Waals surface area contributed by atoms with E-state index in [2.05, 4.69) is 6.92 Å². The fraction of sp³-hybridized carbons (Fsp3) is 0.632. The molecule has 5 heteroatoms. The molecule has 3 rings (SSSR count). The maximum Gasteiger partial charge on any atom is 0.194 e. The monoisotopic (exact) mass is 354 g/mol. The van der Waals surface area contributed by atoms with Gasteiger partial charge in [-0.25, -0.2) is 4.39 Å². The lowest BCUT2D eigenvalue weighted by molar-refractivity contribution is -0.0933. The summed E-state index contributed by atoms with van der Waals surface area (Å²) in [6.45, 7) is 5.21. The van der Waals surface area contributed by atoms with Crippen LogP contribution in [0.3, 0.4) is 0 Å². The molecule has 24 heavy (non-hydrogen) atoms. The van der Waals surface area contributed by atoms with Crippen LogP contribution in [-0.2, 0) is 9.47 Å². The number of ketones is 1. The first-order valence-corrected chi connectivity index (χ1v) is 9.07. The van der Waals surface area contributed by atoms with Gasteiger partial charge < -0.3 is 9.47 Å². The number of ether oxygens (including phenoxy) is 2. The molecular weight excluding hydrogens is 331 g/mol. The van der Waals surface area contributed by atoms with Crippen LogP contribution in [0.1, 0.15) is 48.5 Å². The van der Waals surface area contributed by atoms with E-state index in [0.717, 1.165) is 19.4 Å². The van der Waals surface area contributed by atoms with Gasteiger partial charge in [-0.1, -0.05) is 24.6 Å². The molecule has 0 spiro atoms. The number of Topliss-reactive ketones (excluding diaryl/α,β-unsaturated/α-hetero) is 1. The molecule has 4 atom stereocenters. The highest BCUT2D eigenvalue weighted by atomic mass is 35.5. The van der Waals surface area contributed by atoms with E-state index >= 15 is 0 Å². The Hall–Kier alpha value is -0.970. The van der Waals surface area contributed by atoms with E-state index in [0.29, 0.717) is 30.4 Å². The molecule has 2 unspecified atom stereocenters. The average Bonchev–Trinajstić information content (AvgIpc) is 2.60. The molecule has 2 aliphatic rings. The first-order chi connectivity index (χ1) is 11.5. The molecule has 0 radical (unpaired) electrons. The highest BCUT2D eigenvalue weighted by Crippen LogP contribution is 2.32. The van der Waals surface area contributed by atoms with Crippen LogP contribution in [0.5, 0.6) is 0 Å². The molecule has 0 aromatic heterocycles. The smallest absolute Gasteiger partial charge is 0.194 e. The summed E-state index contributed by atoms with van der Waals surface area (Å²) in [6, 6.07) is 3.17. The van der Waals surface area contributed by atoms with E-state index in [-0.39, 0.29) is 22.5 Å². The Morgan fingerprint density at radius 2 is 1.96 bits per heavy atom. The van der Waals surface area contributed by atoms with E-state index in [1.54, 1.807) is 13.0 Å². The van der Waals surface area contributed by atoms with Crippen molar-refractivity contribution >= 4 is 17.4 Å². The van der Waals surface area contributed by atoms with Crippen LogP contribution in [0.25, 0.3) is 0 Å². The molecule has 3 nitrogen and oxygen atoms in total. The van der Waals surface area contributed by atoms with Crippen LogP contribution < -0.4 is 0 Å².